The quantitative estimate of drug-likeness (QED) is 0.471. The van der Waals surface area contributed by atoms with E-state index in [-0.39, 0.29) is 16.8 Å². The second kappa shape index (κ2) is 11.0. The Kier molecular flexibility index (Phi) is 7.78. The minimum Gasteiger partial charge on any atom is -0.313 e. The lowest BCUT2D eigenvalue weighted by Crippen LogP contribution is -2.43. The predicted octanol–water partition coefficient (Wildman–Crippen LogP) is 4.44. The first-order valence-electron chi connectivity index (χ1n) is 13.4. The number of benzene rings is 1. The van der Waals surface area contributed by atoms with E-state index in [0.717, 1.165) is 54.1 Å². The van der Waals surface area contributed by atoms with Crippen LogP contribution in [-0.2, 0) is 23.0 Å². The summed E-state index contributed by atoms with van der Waals surface area (Å²) < 4.78 is 29.7. The van der Waals surface area contributed by atoms with E-state index in [2.05, 4.69) is 15.3 Å². The van der Waals surface area contributed by atoms with Gasteiger partial charge in [-0.15, -0.1) is 11.3 Å². The molecule has 5 rings (SSSR count). The average Bonchev–Trinajstić information content (AvgIpc) is 3.45. The molecule has 39 heavy (non-hydrogen) atoms. The first kappa shape index (κ1) is 27.7. The molecular weight excluding hydrogens is 534 g/mol. The molecule has 1 unspecified atom stereocenters. The molecule has 9 nitrogen and oxygen atoms in total. The van der Waals surface area contributed by atoms with Gasteiger partial charge >= 0.3 is 0 Å². The van der Waals surface area contributed by atoms with Crippen LogP contribution < -0.4 is 5.32 Å². The first-order valence-corrected chi connectivity index (χ1v) is 15.7. The number of aromatic nitrogens is 2. The van der Waals surface area contributed by atoms with Gasteiger partial charge in [-0.05, 0) is 82.5 Å². The zero-order valence-corrected chi connectivity index (χ0v) is 24.5. The molecule has 2 aromatic heterocycles. The molecule has 1 atom stereocenters. The van der Waals surface area contributed by atoms with Gasteiger partial charge < -0.3 is 10.2 Å². The number of hydrogen-bond donors (Lipinski definition) is 1. The van der Waals surface area contributed by atoms with Crippen LogP contribution in [0.2, 0.25) is 0 Å². The number of fused-ring (bicyclic) bond motifs is 1. The summed E-state index contributed by atoms with van der Waals surface area (Å²) in [5.74, 6) is -0.649. The number of rotatable bonds is 6. The van der Waals surface area contributed by atoms with Crippen molar-refractivity contribution in [3.8, 4) is 0 Å². The molecule has 1 N–H and O–H groups in total. The molecule has 0 radical (unpaired) electrons. The Labute approximate surface area is 233 Å². The van der Waals surface area contributed by atoms with E-state index in [4.69, 9.17) is 0 Å². The summed E-state index contributed by atoms with van der Waals surface area (Å²) in [4.78, 5) is 30.4. The number of nitrogens with one attached hydrogen (secondary N) is 1. The number of anilines is 1. The van der Waals surface area contributed by atoms with Crippen molar-refractivity contribution in [1.29, 1.82) is 0 Å². The predicted molar refractivity (Wildman–Crippen MR) is 152 cm³/mol. The lowest BCUT2D eigenvalue weighted by atomic mass is 10.0. The van der Waals surface area contributed by atoms with Crippen molar-refractivity contribution < 1.29 is 18.0 Å². The van der Waals surface area contributed by atoms with Crippen LogP contribution in [0.15, 0.2) is 35.2 Å². The first-order chi connectivity index (χ1) is 18.6. The van der Waals surface area contributed by atoms with E-state index in [1.165, 1.54) is 40.3 Å². The van der Waals surface area contributed by atoms with Crippen molar-refractivity contribution in [3.63, 3.8) is 0 Å². The van der Waals surface area contributed by atoms with Crippen LogP contribution in [0.1, 0.15) is 75.2 Å². The number of amides is 1. The molecule has 208 valence electrons. The van der Waals surface area contributed by atoms with E-state index >= 15 is 0 Å². The molecule has 0 spiro atoms. The van der Waals surface area contributed by atoms with E-state index in [9.17, 15) is 18.0 Å². The number of piperidine rings is 1. The highest BCUT2D eigenvalue weighted by atomic mass is 32.2. The Hall–Kier alpha value is -2.86. The average molecular weight is 570 g/mol. The third kappa shape index (κ3) is 5.32. The number of likely N-dealkylation sites (N-methyl/N-ethyl adjacent to an activating group) is 1. The van der Waals surface area contributed by atoms with E-state index in [1.54, 1.807) is 4.31 Å². The Morgan fingerprint density at radius 3 is 2.54 bits per heavy atom. The largest absolute Gasteiger partial charge is 0.313 e. The highest BCUT2D eigenvalue weighted by Crippen LogP contribution is 2.38. The van der Waals surface area contributed by atoms with Crippen LogP contribution in [0.5, 0.6) is 0 Å². The monoisotopic (exact) mass is 569 g/mol. The summed E-state index contributed by atoms with van der Waals surface area (Å²) in [6.07, 6.45) is 4.25. The maximum atomic E-state index is 13.7. The topological polar surface area (TPSA) is 105 Å². The number of thiophene rings is 1. The normalized spacial score (nSPS) is 18.6. The van der Waals surface area contributed by atoms with E-state index in [0.29, 0.717) is 35.6 Å². The van der Waals surface area contributed by atoms with Gasteiger partial charge in [0, 0.05) is 41.8 Å². The highest BCUT2D eigenvalue weighted by molar-refractivity contribution is 7.89. The van der Waals surface area contributed by atoms with Gasteiger partial charge in [0.15, 0.2) is 0 Å². The van der Waals surface area contributed by atoms with E-state index in [1.807, 2.05) is 33.9 Å². The van der Waals surface area contributed by atoms with Crippen molar-refractivity contribution in [1.82, 2.24) is 19.0 Å². The molecule has 4 heterocycles. The molecule has 1 fully saturated rings. The molecule has 11 heteroatoms. The molecule has 3 aromatic rings. The fourth-order valence-electron chi connectivity index (χ4n) is 5.57. The standard InChI is InChI=1S/C28H35N5O4S2/c1-5-21-8-6-7-14-32(21)39(36,37)22-11-9-20(10-12-22)26(34)29-27-25(23-13-15-31(4)17-24(23)38-27)28(35)33-19(3)16-18(2)30-33/h9-12,16,21H,5-8,13-15,17H2,1-4H3,(H,29,34). The van der Waals surface area contributed by atoms with Crippen LogP contribution in [0.25, 0.3) is 0 Å². The summed E-state index contributed by atoms with van der Waals surface area (Å²) in [6, 6.07) is 7.94. The van der Waals surface area contributed by atoms with Crippen molar-refractivity contribution in [2.24, 2.45) is 0 Å². The van der Waals surface area contributed by atoms with Gasteiger partial charge in [-0.1, -0.05) is 13.3 Å². The van der Waals surface area contributed by atoms with Gasteiger partial charge in [0.1, 0.15) is 5.00 Å². The van der Waals surface area contributed by atoms with Crippen LogP contribution in [0.3, 0.4) is 0 Å². The summed E-state index contributed by atoms with van der Waals surface area (Å²) in [5, 5.41) is 7.83. The van der Waals surface area contributed by atoms with Crippen LogP contribution in [0.4, 0.5) is 5.00 Å². The fourth-order valence-corrected chi connectivity index (χ4v) is 8.66. The number of sulfonamides is 1. The van der Waals surface area contributed by atoms with Crippen LogP contribution in [-0.4, -0.2) is 65.4 Å². The van der Waals surface area contributed by atoms with Gasteiger partial charge in [0.2, 0.25) is 10.0 Å². The molecule has 2 aliphatic rings. The van der Waals surface area contributed by atoms with Gasteiger partial charge in [-0.3, -0.25) is 9.59 Å². The second-order valence-electron chi connectivity index (χ2n) is 10.5. The molecule has 0 aliphatic carbocycles. The zero-order valence-electron chi connectivity index (χ0n) is 22.9. The Morgan fingerprint density at radius 2 is 1.87 bits per heavy atom. The third-order valence-electron chi connectivity index (χ3n) is 7.66. The number of aryl methyl sites for hydroxylation is 2. The number of nitrogens with zero attached hydrogens (tertiary/aromatic N) is 4. The Balaban J connectivity index is 1.42. The maximum Gasteiger partial charge on any atom is 0.281 e. The van der Waals surface area contributed by atoms with Crippen molar-refractivity contribution in [2.45, 2.75) is 70.4 Å². The zero-order chi connectivity index (χ0) is 27.9. The molecule has 0 saturated carbocycles. The molecule has 1 aromatic carbocycles. The minimum atomic E-state index is -3.64. The molecule has 2 aliphatic heterocycles. The lowest BCUT2D eigenvalue weighted by Gasteiger charge is -2.34. The molecule has 1 saturated heterocycles. The van der Waals surface area contributed by atoms with Gasteiger partial charge in [-0.25, -0.2) is 13.1 Å². The highest BCUT2D eigenvalue weighted by Gasteiger charge is 2.33. The smallest absolute Gasteiger partial charge is 0.281 e. The third-order valence-corrected chi connectivity index (χ3v) is 10.8. The summed E-state index contributed by atoms with van der Waals surface area (Å²) in [5.41, 5.74) is 3.25. The summed E-state index contributed by atoms with van der Waals surface area (Å²) in [7, 11) is -1.60. The molecule has 1 amide bonds. The maximum absolute atomic E-state index is 13.7. The van der Waals surface area contributed by atoms with Gasteiger partial charge in [0.25, 0.3) is 11.8 Å². The lowest BCUT2D eigenvalue weighted by molar-refractivity contribution is 0.0942. The number of carbonyl (C=O) groups is 2. The van der Waals surface area contributed by atoms with Crippen LogP contribution >= 0.6 is 11.3 Å². The van der Waals surface area contributed by atoms with Crippen molar-refractivity contribution >= 4 is 38.2 Å². The fraction of sp³-hybridized carbons (Fsp3) is 0.464. The van der Waals surface area contributed by atoms with Crippen molar-refractivity contribution in [2.75, 3.05) is 25.5 Å². The van der Waals surface area contributed by atoms with Crippen molar-refractivity contribution in [3.05, 3.63) is 63.3 Å². The molecular formula is C28H35N5O4S2. The number of carbonyl (C=O) groups excluding carboxylic acids is 2. The summed E-state index contributed by atoms with van der Waals surface area (Å²) in [6.45, 7) is 7.74. The Bertz CT molecular complexity index is 1510. The van der Waals surface area contributed by atoms with E-state index < -0.39 is 15.9 Å². The Morgan fingerprint density at radius 1 is 1.13 bits per heavy atom. The SMILES string of the molecule is CCC1CCCCN1S(=O)(=O)c1ccc(C(=O)Nc2sc3c(c2C(=O)n2nc(C)cc2C)CCN(C)C3)cc1. The van der Waals surface area contributed by atoms with Crippen LogP contribution in [0, 0.1) is 13.8 Å². The summed E-state index contributed by atoms with van der Waals surface area (Å²) >= 11 is 1.42. The number of hydrogen-bond acceptors (Lipinski definition) is 7. The minimum absolute atomic E-state index is 0.00815. The van der Waals surface area contributed by atoms with Gasteiger partial charge in [0.05, 0.1) is 16.2 Å². The molecule has 0 bridgehead atoms. The second-order valence-corrected chi connectivity index (χ2v) is 13.5. The van der Waals surface area contributed by atoms with Gasteiger partial charge in [-0.2, -0.15) is 9.40 Å².